The molecule has 0 radical (unpaired) electrons. The topological polar surface area (TPSA) is 73.9 Å². The van der Waals surface area contributed by atoms with Gasteiger partial charge in [0.2, 0.25) is 0 Å². The molecule has 3 aliphatic carbocycles. The molecular formula is C25H17FeN3O2. The van der Waals surface area contributed by atoms with E-state index in [0.29, 0.717) is 12.1 Å². The minimum Gasteiger partial charge on any atom is -0.817 e. The zero-order valence-corrected chi connectivity index (χ0v) is 17.5. The normalized spacial score (nSPS) is 17.8. The van der Waals surface area contributed by atoms with Crippen LogP contribution in [0.5, 0.6) is 0 Å². The number of rotatable bonds is 0. The van der Waals surface area contributed by atoms with Gasteiger partial charge >= 0.3 is 17.1 Å². The molecule has 6 heteroatoms. The SMILES string of the molecule is [Fe+2].[O-]C1=NN=C([O-])[N+]1=C1C(=C2C=CC=C2)C=CC2=C1Cc1ccccc12.c1cc[cH-]c1. The molecule has 4 aliphatic rings. The summed E-state index contributed by atoms with van der Waals surface area (Å²) in [7, 11) is 0. The maximum Gasteiger partial charge on any atom is 2.00 e. The molecule has 0 fully saturated rings. The number of fused-ring (bicyclic) bond motifs is 2. The molecule has 31 heavy (non-hydrogen) atoms. The molecule has 152 valence electrons. The standard InChI is InChI=1S/C20H13N3O2.C5H5.Fe/c24-19-21-22-20(25)23(19)18-15(12-5-1-2-6-12)9-10-16-14-8-4-3-7-13(14)11-17(16)18;1-2-4-5-3-1;/h1-10H,11H2,(H-,21,22,24,25);1-5H;/q;-1;+2/p-1. The van der Waals surface area contributed by atoms with E-state index in [0.717, 1.165) is 32.4 Å². The smallest absolute Gasteiger partial charge is 0.817 e. The van der Waals surface area contributed by atoms with Crippen LogP contribution in [0.15, 0.2) is 118 Å². The second-order valence-electron chi connectivity index (χ2n) is 7.06. The van der Waals surface area contributed by atoms with Crippen LogP contribution in [-0.4, -0.2) is 22.3 Å². The second kappa shape index (κ2) is 8.64. The number of nitrogens with zero attached hydrogens (tertiary/aromatic N) is 3. The zero-order chi connectivity index (χ0) is 20.5. The minimum atomic E-state index is -0.637. The Morgan fingerprint density at radius 2 is 1.45 bits per heavy atom. The van der Waals surface area contributed by atoms with Gasteiger partial charge in [0.1, 0.15) is 5.71 Å². The van der Waals surface area contributed by atoms with Crippen LogP contribution in [0.2, 0.25) is 0 Å². The molecule has 0 unspecified atom stereocenters. The predicted molar refractivity (Wildman–Crippen MR) is 114 cm³/mol. The summed E-state index contributed by atoms with van der Waals surface area (Å²) < 4.78 is 1.09. The van der Waals surface area contributed by atoms with Gasteiger partial charge in [-0.1, -0.05) is 60.7 Å². The predicted octanol–water partition coefficient (Wildman–Crippen LogP) is 2.21. The van der Waals surface area contributed by atoms with Gasteiger partial charge in [0.15, 0.2) is 0 Å². The number of hydrogen-bond donors (Lipinski definition) is 0. The number of hydrogen-bond acceptors (Lipinski definition) is 4. The second-order valence-corrected chi connectivity index (χ2v) is 7.06. The first-order chi connectivity index (χ1) is 14.7. The van der Waals surface area contributed by atoms with Crippen molar-refractivity contribution >= 4 is 23.3 Å². The molecule has 0 aromatic heterocycles. The van der Waals surface area contributed by atoms with Gasteiger partial charge in [-0.3, -0.25) is 0 Å². The molecule has 1 aliphatic heterocycles. The van der Waals surface area contributed by atoms with Gasteiger partial charge in [0, 0.05) is 17.6 Å². The molecule has 0 amide bonds. The van der Waals surface area contributed by atoms with Gasteiger partial charge in [-0.05, 0) is 22.3 Å². The van der Waals surface area contributed by atoms with Crippen LogP contribution in [0.1, 0.15) is 11.1 Å². The van der Waals surface area contributed by atoms with Gasteiger partial charge in [0.25, 0.3) is 12.0 Å². The van der Waals surface area contributed by atoms with E-state index < -0.39 is 12.0 Å². The van der Waals surface area contributed by atoms with E-state index in [1.165, 1.54) is 5.56 Å². The molecule has 0 atom stereocenters. The van der Waals surface area contributed by atoms with Crippen molar-refractivity contribution in [1.82, 2.24) is 0 Å². The summed E-state index contributed by atoms with van der Waals surface area (Å²) in [6.45, 7) is 0. The number of amidine groups is 2. The van der Waals surface area contributed by atoms with E-state index in [1.807, 2.05) is 72.8 Å². The molecule has 2 aromatic rings. The van der Waals surface area contributed by atoms with E-state index in [9.17, 15) is 10.2 Å². The van der Waals surface area contributed by atoms with Gasteiger partial charge in [-0.2, -0.15) is 18.2 Å². The van der Waals surface area contributed by atoms with E-state index in [2.05, 4.69) is 28.4 Å². The van der Waals surface area contributed by atoms with E-state index in [1.54, 1.807) is 0 Å². The Kier molecular flexibility index (Phi) is 5.76. The molecule has 0 bridgehead atoms. The van der Waals surface area contributed by atoms with Crippen LogP contribution < -0.4 is 10.2 Å². The fraction of sp³-hybridized carbons (Fsp3) is 0.0400. The maximum absolute atomic E-state index is 12.2. The van der Waals surface area contributed by atoms with Crippen molar-refractivity contribution in [2.75, 3.05) is 0 Å². The Labute approximate surface area is 190 Å². The van der Waals surface area contributed by atoms with Crippen molar-refractivity contribution in [2.24, 2.45) is 10.2 Å². The summed E-state index contributed by atoms with van der Waals surface area (Å²) in [6, 6.07) is 16.9. The van der Waals surface area contributed by atoms with Crippen LogP contribution in [0.25, 0.3) is 5.57 Å². The summed E-state index contributed by atoms with van der Waals surface area (Å²) >= 11 is 0. The monoisotopic (exact) mass is 447 g/mol. The molecule has 1 heterocycles. The summed E-state index contributed by atoms with van der Waals surface area (Å²) in [6.07, 6.45) is 12.5. The van der Waals surface area contributed by atoms with Gasteiger partial charge in [-0.15, -0.1) is 0 Å². The summed E-state index contributed by atoms with van der Waals surface area (Å²) in [5, 5.41) is 31.3. The maximum atomic E-state index is 12.2. The summed E-state index contributed by atoms with van der Waals surface area (Å²) in [4.78, 5) is 0. The largest absolute Gasteiger partial charge is 2.00 e. The molecule has 6 rings (SSSR count). The molecule has 0 saturated carbocycles. The van der Waals surface area contributed by atoms with Crippen LogP contribution >= 0.6 is 0 Å². The van der Waals surface area contributed by atoms with E-state index in [4.69, 9.17) is 0 Å². The third-order valence-corrected chi connectivity index (χ3v) is 5.31. The van der Waals surface area contributed by atoms with Crippen molar-refractivity contribution < 1.29 is 31.9 Å². The fourth-order valence-electron chi connectivity index (χ4n) is 4.01. The van der Waals surface area contributed by atoms with Crippen LogP contribution in [-0.2, 0) is 23.5 Å². The van der Waals surface area contributed by atoms with Gasteiger partial charge in [-0.25, -0.2) is 16.7 Å². The van der Waals surface area contributed by atoms with Crippen molar-refractivity contribution in [3.63, 3.8) is 0 Å². The number of benzene rings is 1. The van der Waals surface area contributed by atoms with Gasteiger partial charge in [0.05, 0.1) is 10.2 Å². The molecule has 5 nitrogen and oxygen atoms in total. The third-order valence-electron chi connectivity index (χ3n) is 5.31. The van der Waals surface area contributed by atoms with Crippen LogP contribution in [0.4, 0.5) is 0 Å². The number of allylic oxidation sites excluding steroid dienone is 10. The van der Waals surface area contributed by atoms with Gasteiger partial charge < -0.3 is 10.2 Å². The first-order valence-electron chi connectivity index (χ1n) is 9.67. The van der Waals surface area contributed by atoms with Crippen molar-refractivity contribution in [3.8, 4) is 0 Å². The molecule has 0 N–H and O–H groups in total. The average molecular weight is 447 g/mol. The summed E-state index contributed by atoms with van der Waals surface area (Å²) in [5.41, 5.74) is 6.74. The molecule has 0 saturated heterocycles. The fourth-order valence-corrected chi connectivity index (χ4v) is 4.01. The molecule has 0 spiro atoms. The van der Waals surface area contributed by atoms with Crippen molar-refractivity contribution in [1.29, 1.82) is 0 Å². The average Bonchev–Trinajstić information content (AvgIpc) is 3.56. The van der Waals surface area contributed by atoms with E-state index >= 15 is 0 Å². The first kappa shape index (κ1) is 20.7. The van der Waals surface area contributed by atoms with Crippen molar-refractivity contribution in [3.05, 3.63) is 119 Å². The van der Waals surface area contributed by atoms with Crippen molar-refractivity contribution in [2.45, 2.75) is 6.42 Å². The van der Waals surface area contributed by atoms with Crippen LogP contribution in [0.3, 0.4) is 0 Å². The van der Waals surface area contributed by atoms with E-state index in [-0.39, 0.29) is 17.1 Å². The molecule has 2 aromatic carbocycles. The zero-order valence-electron chi connectivity index (χ0n) is 16.4. The Morgan fingerprint density at radius 3 is 2.10 bits per heavy atom. The Hall–Kier alpha value is -3.60. The third kappa shape index (κ3) is 3.67. The Morgan fingerprint density at radius 1 is 0.806 bits per heavy atom. The van der Waals surface area contributed by atoms with Crippen LogP contribution in [0, 0.1) is 0 Å². The minimum absolute atomic E-state index is 0. The summed E-state index contributed by atoms with van der Waals surface area (Å²) in [5.74, 6) is 0. The Balaban J connectivity index is 0.000000342. The first-order valence-corrected chi connectivity index (χ1v) is 9.67. The quantitative estimate of drug-likeness (QED) is 0.353. The Bertz CT molecular complexity index is 1220. The molecular weight excluding hydrogens is 430 g/mol.